The molecule has 0 spiro atoms. The number of hydrogen-bond acceptors (Lipinski definition) is 4. The van der Waals surface area contributed by atoms with E-state index in [1.54, 1.807) is 0 Å². The Balaban J connectivity index is 1.73. The summed E-state index contributed by atoms with van der Waals surface area (Å²) in [5, 5.41) is 8.72. The third-order valence-corrected chi connectivity index (χ3v) is 4.61. The lowest BCUT2D eigenvalue weighted by atomic mass is 9.66. The van der Waals surface area contributed by atoms with Crippen LogP contribution in [0.5, 0.6) is 0 Å². The number of aliphatic hydroxyl groups is 1. The van der Waals surface area contributed by atoms with Gasteiger partial charge in [-0.05, 0) is 37.6 Å². The molecule has 0 bridgehead atoms. The van der Waals surface area contributed by atoms with Crippen molar-refractivity contribution in [1.29, 1.82) is 0 Å². The number of nitrogens with zero attached hydrogens (tertiary/aromatic N) is 1. The van der Waals surface area contributed by atoms with Gasteiger partial charge in [0.2, 0.25) is 5.91 Å². The number of carbonyl (C=O) groups excluding carboxylic acids is 1. The van der Waals surface area contributed by atoms with Crippen molar-refractivity contribution in [2.24, 2.45) is 11.1 Å². The first kappa shape index (κ1) is 14.8. The van der Waals surface area contributed by atoms with Crippen molar-refractivity contribution in [3.05, 3.63) is 0 Å². The molecule has 0 aromatic heterocycles. The molecule has 110 valence electrons. The van der Waals surface area contributed by atoms with Gasteiger partial charge in [-0.2, -0.15) is 0 Å². The molecule has 0 unspecified atom stereocenters. The monoisotopic (exact) mass is 270 g/mol. The number of amides is 1. The second-order valence-electron chi connectivity index (χ2n) is 5.91. The number of ether oxygens (including phenoxy) is 1. The Morgan fingerprint density at radius 3 is 2.53 bits per heavy atom. The van der Waals surface area contributed by atoms with E-state index in [1.807, 2.05) is 4.90 Å². The molecule has 2 rings (SSSR count). The molecule has 5 nitrogen and oxygen atoms in total. The number of aliphatic hydroxyl groups excluding tert-OH is 1. The molecule has 19 heavy (non-hydrogen) atoms. The van der Waals surface area contributed by atoms with Crippen LogP contribution in [0.2, 0.25) is 0 Å². The predicted octanol–water partition coefficient (Wildman–Crippen LogP) is 0.505. The summed E-state index contributed by atoms with van der Waals surface area (Å²) in [6.45, 7) is 2.65. The van der Waals surface area contributed by atoms with Crippen LogP contribution in [-0.2, 0) is 9.53 Å². The molecule has 2 aliphatic rings. The molecular formula is C14H26N2O3. The quantitative estimate of drug-likeness (QED) is 0.737. The van der Waals surface area contributed by atoms with E-state index < -0.39 is 0 Å². The maximum Gasteiger partial charge on any atom is 0.223 e. The minimum absolute atomic E-state index is 0.0676. The summed E-state index contributed by atoms with van der Waals surface area (Å²) in [7, 11) is 0. The van der Waals surface area contributed by atoms with E-state index in [4.69, 9.17) is 15.6 Å². The molecule has 2 fully saturated rings. The second kappa shape index (κ2) is 6.68. The third-order valence-electron chi connectivity index (χ3n) is 4.61. The first-order valence-electron chi connectivity index (χ1n) is 7.39. The van der Waals surface area contributed by atoms with Crippen LogP contribution in [0.15, 0.2) is 0 Å². The summed E-state index contributed by atoms with van der Waals surface area (Å²) in [5.41, 5.74) is 5.91. The van der Waals surface area contributed by atoms with Crippen LogP contribution in [0, 0.1) is 5.41 Å². The summed E-state index contributed by atoms with van der Waals surface area (Å²) in [5.74, 6) is 0.255. The van der Waals surface area contributed by atoms with Gasteiger partial charge in [-0.25, -0.2) is 0 Å². The zero-order valence-corrected chi connectivity index (χ0v) is 11.6. The third kappa shape index (κ3) is 3.68. The highest BCUT2D eigenvalue weighted by molar-refractivity contribution is 5.77. The molecule has 0 radical (unpaired) electrons. The standard InChI is InChI=1S/C14H26N2O3/c15-11-14(4-1-5-14)10-13(18)16-6-2-12(3-7-16)19-9-8-17/h12,17H,1-11,15H2. The summed E-state index contributed by atoms with van der Waals surface area (Å²) >= 11 is 0. The van der Waals surface area contributed by atoms with E-state index in [0.29, 0.717) is 19.6 Å². The first-order chi connectivity index (χ1) is 9.19. The van der Waals surface area contributed by atoms with Crippen LogP contribution in [-0.4, -0.2) is 54.9 Å². The van der Waals surface area contributed by atoms with E-state index in [0.717, 1.165) is 38.8 Å². The van der Waals surface area contributed by atoms with Crippen molar-refractivity contribution in [2.75, 3.05) is 32.8 Å². The SMILES string of the molecule is NCC1(CC(=O)N2CCC(OCCO)CC2)CCC1. The maximum atomic E-state index is 12.3. The van der Waals surface area contributed by atoms with Gasteiger partial charge >= 0.3 is 0 Å². The summed E-state index contributed by atoms with van der Waals surface area (Å²) < 4.78 is 5.51. The molecule has 1 amide bonds. The first-order valence-corrected chi connectivity index (χ1v) is 7.39. The van der Waals surface area contributed by atoms with E-state index in [-0.39, 0.29) is 24.0 Å². The van der Waals surface area contributed by atoms with Crippen molar-refractivity contribution in [1.82, 2.24) is 4.90 Å². The Kier molecular flexibility index (Phi) is 5.19. The lowest BCUT2D eigenvalue weighted by Gasteiger charge is -2.42. The Bertz CT molecular complexity index is 292. The minimum atomic E-state index is 0.0676. The lowest BCUT2D eigenvalue weighted by Crippen LogP contribution is -2.46. The highest BCUT2D eigenvalue weighted by Crippen LogP contribution is 2.43. The van der Waals surface area contributed by atoms with Crippen molar-refractivity contribution < 1.29 is 14.6 Å². The van der Waals surface area contributed by atoms with Gasteiger partial charge in [0.05, 0.1) is 19.3 Å². The summed E-state index contributed by atoms with van der Waals surface area (Å²) in [4.78, 5) is 14.2. The van der Waals surface area contributed by atoms with Gasteiger partial charge in [0.15, 0.2) is 0 Å². The van der Waals surface area contributed by atoms with Crippen LogP contribution < -0.4 is 5.73 Å². The molecule has 0 aromatic carbocycles. The van der Waals surface area contributed by atoms with Crippen molar-refractivity contribution in [3.63, 3.8) is 0 Å². The Hall–Kier alpha value is -0.650. The van der Waals surface area contributed by atoms with Gasteiger partial charge in [0, 0.05) is 19.5 Å². The highest BCUT2D eigenvalue weighted by atomic mass is 16.5. The molecule has 1 heterocycles. The van der Waals surface area contributed by atoms with E-state index >= 15 is 0 Å². The Morgan fingerprint density at radius 1 is 1.37 bits per heavy atom. The van der Waals surface area contributed by atoms with E-state index in [9.17, 15) is 4.79 Å². The number of likely N-dealkylation sites (tertiary alicyclic amines) is 1. The van der Waals surface area contributed by atoms with Crippen LogP contribution in [0.4, 0.5) is 0 Å². The average molecular weight is 270 g/mol. The molecule has 0 aromatic rings. The van der Waals surface area contributed by atoms with Gasteiger partial charge in [0.25, 0.3) is 0 Å². The van der Waals surface area contributed by atoms with Crippen molar-refractivity contribution in [3.8, 4) is 0 Å². The minimum Gasteiger partial charge on any atom is -0.394 e. The zero-order chi connectivity index (χ0) is 13.7. The molecule has 5 heteroatoms. The van der Waals surface area contributed by atoms with Gasteiger partial charge in [0.1, 0.15) is 0 Å². The zero-order valence-electron chi connectivity index (χ0n) is 11.6. The topological polar surface area (TPSA) is 75.8 Å². The fourth-order valence-electron chi connectivity index (χ4n) is 3.05. The molecular weight excluding hydrogens is 244 g/mol. The highest BCUT2D eigenvalue weighted by Gasteiger charge is 2.39. The molecule has 0 atom stereocenters. The largest absolute Gasteiger partial charge is 0.394 e. The molecule has 1 saturated carbocycles. The van der Waals surface area contributed by atoms with Crippen molar-refractivity contribution in [2.45, 2.75) is 44.6 Å². The van der Waals surface area contributed by atoms with E-state index in [2.05, 4.69) is 0 Å². The second-order valence-corrected chi connectivity index (χ2v) is 5.91. The molecule has 1 aliphatic carbocycles. The van der Waals surface area contributed by atoms with E-state index in [1.165, 1.54) is 6.42 Å². The van der Waals surface area contributed by atoms with Crippen molar-refractivity contribution >= 4 is 5.91 Å². The summed E-state index contributed by atoms with van der Waals surface area (Å²) in [6.07, 6.45) is 5.98. The average Bonchev–Trinajstić information content (AvgIpc) is 2.41. The van der Waals surface area contributed by atoms with Crippen LogP contribution in [0.1, 0.15) is 38.5 Å². The Morgan fingerprint density at radius 2 is 2.05 bits per heavy atom. The van der Waals surface area contributed by atoms with Gasteiger partial charge in [-0.1, -0.05) is 6.42 Å². The lowest BCUT2D eigenvalue weighted by molar-refractivity contribution is -0.137. The van der Waals surface area contributed by atoms with Crippen LogP contribution >= 0.6 is 0 Å². The summed E-state index contributed by atoms with van der Waals surface area (Å²) in [6, 6.07) is 0. The fourth-order valence-corrected chi connectivity index (χ4v) is 3.05. The smallest absolute Gasteiger partial charge is 0.223 e. The molecule has 1 saturated heterocycles. The van der Waals surface area contributed by atoms with Gasteiger partial charge in [-0.3, -0.25) is 4.79 Å². The predicted molar refractivity (Wildman–Crippen MR) is 72.6 cm³/mol. The molecule has 1 aliphatic heterocycles. The fraction of sp³-hybridized carbons (Fsp3) is 0.929. The Labute approximate surface area is 115 Å². The normalized spacial score (nSPS) is 23.2. The van der Waals surface area contributed by atoms with Gasteiger partial charge < -0.3 is 20.5 Å². The number of piperidine rings is 1. The van der Waals surface area contributed by atoms with Crippen LogP contribution in [0.3, 0.4) is 0 Å². The van der Waals surface area contributed by atoms with Gasteiger partial charge in [-0.15, -0.1) is 0 Å². The maximum absolute atomic E-state index is 12.3. The van der Waals surface area contributed by atoms with Crippen LogP contribution in [0.25, 0.3) is 0 Å². The number of carbonyl (C=O) groups is 1. The number of rotatable bonds is 6. The number of nitrogens with two attached hydrogens (primary N) is 1. The molecule has 3 N–H and O–H groups in total. The number of hydrogen-bond donors (Lipinski definition) is 2.